The third-order valence-electron chi connectivity index (χ3n) is 6.04. The molecule has 1 aliphatic carbocycles. The first-order chi connectivity index (χ1) is 11.4. The average molecular weight is 355 g/mol. The summed E-state index contributed by atoms with van der Waals surface area (Å²) in [5.41, 5.74) is 2.96. The lowest BCUT2D eigenvalue weighted by atomic mass is 9.76. The van der Waals surface area contributed by atoms with Gasteiger partial charge in [0, 0.05) is 23.9 Å². The van der Waals surface area contributed by atoms with Crippen LogP contribution in [0.3, 0.4) is 0 Å². The molecular formula is C17H23F2N3OS. The third kappa shape index (κ3) is 2.75. The number of aromatic nitrogens is 1. The molecule has 1 aromatic heterocycles. The third-order valence-corrected chi connectivity index (χ3v) is 6.96. The number of hydrogen-bond donors (Lipinski definition) is 0. The van der Waals surface area contributed by atoms with Crippen LogP contribution < -0.4 is 0 Å². The SMILES string of the molecule is Cc1ncsc1CN1CC[C@]2(CCC[C@@H]2C(=O)N2CC(F)(F)C2)C1. The van der Waals surface area contributed by atoms with Crippen molar-refractivity contribution in [3.05, 3.63) is 16.1 Å². The molecule has 1 aromatic rings. The zero-order valence-corrected chi connectivity index (χ0v) is 14.7. The first-order valence-electron chi connectivity index (χ1n) is 8.67. The van der Waals surface area contributed by atoms with Gasteiger partial charge in [-0.25, -0.2) is 13.8 Å². The van der Waals surface area contributed by atoms with Crippen molar-refractivity contribution in [2.24, 2.45) is 11.3 Å². The van der Waals surface area contributed by atoms with Gasteiger partial charge in [-0.2, -0.15) is 0 Å². The number of hydrogen-bond acceptors (Lipinski definition) is 4. The minimum atomic E-state index is -2.67. The number of halogens is 2. The predicted octanol–water partition coefficient (Wildman–Crippen LogP) is 2.92. The van der Waals surface area contributed by atoms with Crippen LogP contribution in [0.5, 0.6) is 0 Å². The molecule has 3 heterocycles. The average Bonchev–Trinajstić information content (AvgIpc) is 3.20. The zero-order chi connectivity index (χ0) is 16.9. The lowest BCUT2D eigenvalue weighted by Crippen LogP contribution is -2.60. The van der Waals surface area contributed by atoms with Crippen LogP contribution in [0.4, 0.5) is 8.78 Å². The summed E-state index contributed by atoms with van der Waals surface area (Å²) in [6.07, 6.45) is 3.94. The summed E-state index contributed by atoms with van der Waals surface area (Å²) in [7, 11) is 0. The number of thiazole rings is 1. The summed E-state index contributed by atoms with van der Waals surface area (Å²) >= 11 is 1.68. The number of amides is 1. The van der Waals surface area contributed by atoms with Crippen LogP contribution in [0.2, 0.25) is 0 Å². The number of rotatable bonds is 3. The standard InChI is InChI=1S/C17H23F2N3OS/c1-12-14(24-11-20-12)7-21-6-5-16(8-21)4-2-3-13(16)15(23)22-9-17(18,19)10-22/h11,13H,2-10H2,1H3/t13-,16-/m1/s1. The van der Waals surface area contributed by atoms with Crippen LogP contribution in [-0.4, -0.2) is 52.8 Å². The van der Waals surface area contributed by atoms with E-state index in [1.165, 1.54) is 9.78 Å². The fourth-order valence-corrected chi connectivity index (χ4v) is 5.52. The van der Waals surface area contributed by atoms with Gasteiger partial charge in [-0.1, -0.05) is 6.42 Å². The van der Waals surface area contributed by atoms with Crippen LogP contribution in [0.1, 0.15) is 36.3 Å². The Hall–Kier alpha value is -1.08. The summed E-state index contributed by atoms with van der Waals surface area (Å²) in [4.78, 5) is 22.1. The highest BCUT2D eigenvalue weighted by Crippen LogP contribution is 2.51. The first kappa shape index (κ1) is 16.4. The molecule has 2 aliphatic heterocycles. The van der Waals surface area contributed by atoms with Crippen molar-refractivity contribution in [3.8, 4) is 0 Å². The van der Waals surface area contributed by atoms with Gasteiger partial charge in [-0.15, -0.1) is 11.3 Å². The van der Waals surface area contributed by atoms with Crippen molar-refractivity contribution in [3.63, 3.8) is 0 Å². The van der Waals surface area contributed by atoms with Crippen molar-refractivity contribution in [2.45, 2.75) is 45.1 Å². The monoisotopic (exact) mass is 355 g/mol. The molecule has 0 N–H and O–H groups in total. The molecule has 4 nitrogen and oxygen atoms in total. The topological polar surface area (TPSA) is 36.4 Å². The molecule has 0 bridgehead atoms. The molecule has 1 amide bonds. The van der Waals surface area contributed by atoms with Crippen LogP contribution in [0.25, 0.3) is 0 Å². The molecule has 1 saturated carbocycles. The number of nitrogens with zero attached hydrogens (tertiary/aromatic N) is 3. The fraction of sp³-hybridized carbons (Fsp3) is 0.765. The van der Waals surface area contributed by atoms with E-state index in [2.05, 4.69) is 9.88 Å². The number of likely N-dealkylation sites (tertiary alicyclic amines) is 2. The van der Waals surface area contributed by atoms with E-state index in [0.29, 0.717) is 0 Å². The van der Waals surface area contributed by atoms with Gasteiger partial charge in [0.1, 0.15) is 0 Å². The number of carbonyl (C=O) groups is 1. The molecule has 0 radical (unpaired) electrons. The van der Waals surface area contributed by atoms with Crippen molar-refractivity contribution < 1.29 is 13.6 Å². The van der Waals surface area contributed by atoms with E-state index in [-0.39, 0.29) is 30.3 Å². The van der Waals surface area contributed by atoms with Gasteiger partial charge in [-0.05, 0) is 38.1 Å². The molecule has 132 valence electrons. The largest absolute Gasteiger partial charge is 0.330 e. The Balaban J connectivity index is 1.43. The number of aryl methyl sites for hydroxylation is 1. The predicted molar refractivity (Wildman–Crippen MR) is 88.0 cm³/mol. The van der Waals surface area contributed by atoms with E-state index in [1.54, 1.807) is 11.3 Å². The summed E-state index contributed by atoms with van der Waals surface area (Å²) < 4.78 is 26.2. The molecule has 0 unspecified atom stereocenters. The second-order valence-electron chi connectivity index (χ2n) is 7.68. The van der Waals surface area contributed by atoms with Gasteiger partial charge in [0.25, 0.3) is 5.92 Å². The van der Waals surface area contributed by atoms with Crippen LogP contribution in [-0.2, 0) is 11.3 Å². The fourth-order valence-electron chi connectivity index (χ4n) is 4.70. The Bertz CT molecular complexity index is 642. The van der Waals surface area contributed by atoms with Gasteiger partial charge < -0.3 is 4.90 Å². The maximum Gasteiger partial charge on any atom is 0.282 e. The van der Waals surface area contributed by atoms with E-state index in [4.69, 9.17) is 0 Å². The van der Waals surface area contributed by atoms with Gasteiger partial charge in [-0.3, -0.25) is 9.69 Å². The van der Waals surface area contributed by atoms with E-state index >= 15 is 0 Å². The summed E-state index contributed by atoms with van der Waals surface area (Å²) in [6.45, 7) is 4.04. The number of alkyl halides is 2. The molecule has 2 atom stereocenters. The van der Waals surface area contributed by atoms with Gasteiger partial charge in [0.2, 0.25) is 5.91 Å². The molecule has 7 heteroatoms. The summed E-state index contributed by atoms with van der Waals surface area (Å²) in [5.74, 6) is -2.78. The molecule has 24 heavy (non-hydrogen) atoms. The Morgan fingerprint density at radius 3 is 2.83 bits per heavy atom. The van der Waals surface area contributed by atoms with E-state index in [0.717, 1.165) is 51.0 Å². The van der Waals surface area contributed by atoms with E-state index < -0.39 is 5.92 Å². The molecule has 0 aromatic carbocycles. The van der Waals surface area contributed by atoms with Crippen LogP contribution in [0, 0.1) is 18.3 Å². The Morgan fingerprint density at radius 2 is 2.17 bits per heavy atom. The molecule has 4 rings (SSSR count). The van der Waals surface area contributed by atoms with Crippen LogP contribution in [0.15, 0.2) is 5.51 Å². The highest BCUT2D eigenvalue weighted by molar-refractivity contribution is 7.09. The molecule has 1 spiro atoms. The summed E-state index contributed by atoms with van der Waals surface area (Å²) in [5, 5.41) is 0. The molecule has 3 fully saturated rings. The smallest absolute Gasteiger partial charge is 0.282 e. The van der Waals surface area contributed by atoms with Crippen molar-refractivity contribution in [2.75, 3.05) is 26.2 Å². The van der Waals surface area contributed by atoms with Gasteiger partial charge in [0.05, 0.1) is 24.3 Å². The molecule has 3 aliphatic rings. The lowest BCUT2D eigenvalue weighted by molar-refractivity contribution is -0.172. The van der Waals surface area contributed by atoms with Crippen molar-refractivity contribution in [1.29, 1.82) is 0 Å². The van der Waals surface area contributed by atoms with Gasteiger partial charge in [0.15, 0.2) is 0 Å². The van der Waals surface area contributed by atoms with Crippen molar-refractivity contribution >= 4 is 17.2 Å². The minimum Gasteiger partial charge on any atom is -0.330 e. The second-order valence-corrected chi connectivity index (χ2v) is 8.62. The second kappa shape index (κ2) is 5.73. The summed E-state index contributed by atoms with van der Waals surface area (Å²) in [6, 6.07) is 0. The maximum atomic E-state index is 13.1. The maximum absolute atomic E-state index is 13.1. The van der Waals surface area contributed by atoms with E-state index in [1.807, 2.05) is 12.4 Å². The van der Waals surface area contributed by atoms with Gasteiger partial charge >= 0.3 is 0 Å². The first-order valence-corrected chi connectivity index (χ1v) is 9.55. The highest BCUT2D eigenvalue weighted by Gasteiger charge is 2.55. The Kier molecular flexibility index (Phi) is 3.91. The highest BCUT2D eigenvalue weighted by atomic mass is 32.1. The number of carbonyl (C=O) groups excluding carboxylic acids is 1. The van der Waals surface area contributed by atoms with E-state index in [9.17, 15) is 13.6 Å². The normalized spacial score (nSPS) is 32.5. The molecular weight excluding hydrogens is 332 g/mol. The quantitative estimate of drug-likeness (QED) is 0.836. The Labute approximate surface area is 144 Å². The van der Waals surface area contributed by atoms with Crippen LogP contribution >= 0.6 is 11.3 Å². The Morgan fingerprint density at radius 1 is 1.38 bits per heavy atom. The lowest BCUT2D eigenvalue weighted by Gasteiger charge is -2.42. The molecule has 2 saturated heterocycles. The zero-order valence-electron chi connectivity index (χ0n) is 13.9. The van der Waals surface area contributed by atoms with Crippen molar-refractivity contribution in [1.82, 2.24) is 14.8 Å². The minimum absolute atomic E-state index is 0.000548.